The van der Waals surface area contributed by atoms with Crippen LogP contribution < -0.4 is 5.73 Å². The summed E-state index contributed by atoms with van der Waals surface area (Å²) in [6, 6.07) is 6.38. The minimum Gasteiger partial charge on any atom is -0.381 e. The molecule has 0 saturated carbocycles. The molecular formula is C16H24FNO2. The van der Waals surface area contributed by atoms with Crippen molar-refractivity contribution in [3.05, 3.63) is 35.6 Å². The maximum atomic E-state index is 13.0. The largest absolute Gasteiger partial charge is 0.381 e. The van der Waals surface area contributed by atoms with Gasteiger partial charge in [0.15, 0.2) is 0 Å². The summed E-state index contributed by atoms with van der Waals surface area (Å²) in [4.78, 5) is 0. The van der Waals surface area contributed by atoms with Crippen LogP contribution in [0.25, 0.3) is 0 Å². The topological polar surface area (TPSA) is 44.5 Å². The summed E-state index contributed by atoms with van der Waals surface area (Å²) in [6.45, 7) is 4.36. The number of halogens is 1. The van der Waals surface area contributed by atoms with Crippen molar-refractivity contribution < 1.29 is 13.9 Å². The Kier molecular flexibility index (Phi) is 5.95. The van der Waals surface area contributed by atoms with Gasteiger partial charge in [0, 0.05) is 19.3 Å². The molecule has 1 aromatic rings. The highest BCUT2D eigenvalue weighted by Gasteiger charge is 2.22. The van der Waals surface area contributed by atoms with Crippen LogP contribution in [0.4, 0.5) is 4.39 Å². The van der Waals surface area contributed by atoms with E-state index in [2.05, 4.69) is 0 Å². The molecule has 1 fully saturated rings. The molecule has 2 unspecified atom stereocenters. The zero-order valence-electron chi connectivity index (χ0n) is 12.1. The van der Waals surface area contributed by atoms with Gasteiger partial charge in [-0.2, -0.15) is 0 Å². The van der Waals surface area contributed by atoms with Crippen LogP contribution in [0.15, 0.2) is 24.3 Å². The Bertz CT molecular complexity index is 390. The van der Waals surface area contributed by atoms with Gasteiger partial charge in [0.1, 0.15) is 5.82 Å². The highest BCUT2D eigenvalue weighted by molar-refractivity contribution is 5.20. The van der Waals surface area contributed by atoms with E-state index in [0.29, 0.717) is 12.5 Å². The molecule has 112 valence electrons. The van der Waals surface area contributed by atoms with E-state index in [1.807, 2.05) is 6.92 Å². The van der Waals surface area contributed by atoms with Crippen molar-refractivity contribution >= 4 is 0 Å². The fourth-order valence-corrected chi connectivity index (χ4v) is 2.49. The molecular weight excluding hydrogens is 257 g/mol. The van der Waals surface area contributed by atoms with E-state index in [4.69, 9.17) is 15.2 Å². The van der Waals surface area contributed by atoms with Crippen LogP contribution in [0, 0.1) is 11.7 Å². The van der Waals surface area contributed by atoms with Crippen molar-refractivity contribution in [2.45, 2.75) is 38.3 Å². The van der Waals surface area contributed by atoms with Crippen molar-refractivity contribution in [1.82, 2.24) is 0 Å². The van der Waals surface area contributed by atoms with Crippen LogP contribution in [0.5, 0.6) is 0 Å². The Morgan fingerprint density at radius 3 is 2.55 bits per heavy atom. The molecule has 1 aliphatic rings. The second-order valence-corrected chi connectivity index (χ2v) is 5.43. The fraction of sp³-hybridized carbons (Fsp3) is 0.625. The standard InChI is InChI=1S/C16H24FNO2/c1-2-15(18)16(13-3-5-14(17)6-4-13)20-11-12-7-9-19-10-8-12/h3-6,12,15-16H,2,7-11,18H2,1H3. The van der Waals surface area contributed by atoms with E-state index >= 15 is 0 Å². The summed E-state index contributed by atoms with van der Waals surface area (Å²) in [7, 11) is 0. The molecule has 1 saturated heterocycles. The normalized spacial score (nSPS) is 19.8. The monoisotopic (exact) mass is 281 g/mol. The van der Waals surface area contributed by atoms with Gasteiger partial charge in [-0.05, 0) is 42.9 Å². The third-order valence-electron chi connectivity index (χ3n) is 3.91. The minimum atomic E-state index is -0.234. The van der Waals surface area contributed by atoms with Gasteiger partial charge < -0.3 is 15.2 Å². The molecule has 20 heavy (non-hydrogen) atoms. The SMILES string of the molecule is CCC(N)C(OCC1CCOCC1)c1ccc(F)cc1. The van der Waals surface area contributed by atoms with Gasteiger partial charge in [0.2, 0.25) is 0 Å². The van der Waals surface area contributed by atoms with E-state index in [0.717, 1.165) is 38.0 Å². The van der Waals surface area contributed by atoms with E-state index in [9.17, 15) is 4.39 Å². The summed E-state index contributed by atoms with van der Waals surface area (Å²) >= 11 is 0. The zero-order chi connectivity index (χ0) is 14.4. The first-order chi connectivity index (χ1) is 9.70. The molecule has 4 heteroatoms. The second-order valence-electron chi connectivity index (χ2n) is 5.43. The molecule has 0 amide bonds. The van der Waals surface area contributed by atoms with Crippen LogP contribution in [0.1, 0.15) is 37.9 Å². The quantitative estimate of drug-likeness (QED) is 0.871. The van der Waals surface area contributed by atoms with Crippen molar-refractivity contribution in [1.29, 1.82) is 0 Å². The maximum absolute atomic E-state index is 13.0. The Morgan fingerprint density at radius 2 is 1.95 bits per heavy atom. The first-order valence-electron chi connectivity index (χ1n) is 7.41. The molecule has 0 aromatic heterocycles. The van der Waals surface area contributed by atoms with E-state index in [-0.39, 0.29) is 18.0 Å². The lowest BCUT2D eigenvalue weighted by atomic mass is 9.99. The summed E-state index contributed by atoms with van der Waals surface area (Å²) in [5, 5.41) is 0. The first kappa shape index (κ1) is 15.4. The van der Waals surface area contributed by atoms with Gasteiger partial charge in [0.25, 0.3) is 0 Å². The first-order valence-corrected chi connectivity index (χ1v) is 7.41. The second kappa shape index (κ2) is 7.72. The fourth-order valence-electron chi connectivity index (χ4n) is 2.49. The Labute approximate surface area is 120 Å². The Balaban J connectivity index is 1.97. The van der Waals surface area contributed by atoms with Crippen LogP contribution in [0.2, 0.25) is 0 Å². The molecule has 2 N–H and O–H groups in total. The maximum Gasteiger partial charge on any atom is 0.123 e. The molecule has 0 spiro atoms. The Hall–Kier alpha value is -0.970. The minimum absolute atomic E-state index is 0.0692. The van der Waals surface area contributed by atoms with Crippen molar-refractivity contribution in [2.24, 2.45) is 11.7 Å². The summed E-state index contributed by atoms with van der Waals surface area (Å²) < 4.78 is 24.4. The lowest BCUT2D eigenvalue weighted by Gasteiger charge is -2.28. The predicted molar refractivity (Wildman–Crippen MR) is 76.9 cm³/mol. The van der Waals surface area contributed by atoms with Gasteiger partial charge in [-0.1, -0.05) is 19.1 Å². The molecule has 2 atom stereocenters. The molecule has 0 bridgehead atoms. The van der Waals surface area contributed by atoms with Crippen LogP contribution in [-0.2, 0) is 9.47 Å². The third-order valence-corrected chi connectivity index (χ3v) is 3.91. The predicted octanol–water partition coefficient (Wildman–Crippen LogP) is 3.05. The number of hydrogen-bond donors (Lipinski definition) is 1. The molecule has 1 aliphatic heterocycles. The van der Waals surface area contributed by atoms with Gasteiger partial charge in [-0.25, -0.2) is 4.39 Å². The average molecular weight is 281 g/mol. The number of ether oxygens (including phenoxy) is 2. The molecule has 1 aromatic carbocycles. The lowest BCUT2D eigenvalue weighted by Crippen LogP contribution is -2.31. The van der Waals surface area contributed by atoms with Crippen molar-refractivity contribution in [2.75, 3.05) is 19.8 Å². The summed E-state index contributed by atoms with van der Waals surface area (Å²) in [5.41, 5.74) is 7.11. The molecule has 0 radical (unpaired) electrons. The van der Waals surface area contributed by atoms with Crippen molar-refractivity contribution in [3.63, 3.8) is 0 Å². The number of hydrogen-bond acceptors (Lipinski definition) is 3. The highest BCUT2D eigenvalue weighted by atomic mass is 19.1. The summed E-state index contributed by atoms with van der Waals surface area (Å²) in [5.74, 6) is 0.303. The van der Waals surface area contributed by atoms with Crippen LogP contribution >= 0.6 is 0 Å². The van der Waals surface area contributed by atoms with Crippen LogP contribution in [-0.4, -0.2) is 25.9 Å². The number of nitrogens with two attached hydrogens (primary N) is 1. The Morgan fingerprint density at radius 1 is 1.30 bits per heavy atom. The van der Waals surface area contributed by atoms with E-state index in [1.54, 1.807) is 12.1 Å². The number of rotatable bonds is 6. The molecule has 0 aliphatic carbocycles. The van der Waals surface area contributed by atoms with Gasteiger partial charge >= 0.3 is 0 Å². The average Bonchev–Trinajstić information content (AvgIpc) is 2.50. The van der Waals surface area contributed by atoms with Gasteiger partial charge in [-0.3, -0.25) is 0 Å². The molecule has 1 heterocycles. The van der Waals surface area contributed by atoms with Crippen LogP contribution in [0.3, 0.4) is 0 Å². The zero-order valence-corrected chi connectivity index (χ0v) is 12.1. The van der Waals surface area contributed by atoms with E-state index < -0.39 is 0 Å². The van der Waals surface area contributed by atoms with Crippen molar-refractivity contribution in [3.8, 4) is 0 Å². The van der Waals surface area contributed by atoms with E-state index in [1.165, 1.54) is 12.1 Å². The third kappa shape index (κ3) is 4.27. The van der Waals surface area contributed by atoms with Gasteiger partial charge in [-0.15, -0.1) is 0 Å². The summed E-state index contributed by atoms with van der Waals surface area (Å²) in [6.07, 6.45) is 2.74. The number of benzene rings is 1. The van der Waals surface area contributed by atoms with Gasteiger partial charge in [0.05, 0.1) is 12.7 Å². The highest BCUT2D eigenvalue weighted by Crippen LogP contribution is 2.25. The molecule has 3 nitrogen and oxygen atoms in total. The smallest absolute Gasteiger partial charge is 0.123 e. The lowest BCUT2D eigenvalue weighted by molar-refractivity contribution is -0.0211. The molecule has 2 rings (SSSR count).